The van der Waals surface area contributed by atoms with Gasteiger partial charge >= 0.3 is 0 Å². The number of carbonyl (C=O) groups is 1. The number of hydrogen-bond donors (Lipinski definition) is 1. The summed E-state index contributed by atoms with van der Waals surface area (Å²) in [6.07, 6.45) is 0. The van der Waals surface area contributed by atoms with Crippen molar-refractivity contribution >= 4 is 56.9 Å². The van der Waals surface area contributed by atoms with E-state index >= 15 is 0 Å². The zero-order chi connectivity index (χ0) is 26.1. The van der Waals surface area contributed by atoms with Gasteiger partial charge < -0.3 is 14.5 Å². The highest BCUT2D eigenvalue weighted by Crippen LogP contribution is 2.36. The van der Waals surface area contributed by atoms with E-state index in [0.29, 0.717) is 33.0 Å². The van der Waals surface area contributed by atoms with Crippen LogP contribution in [-0.4, -0.2) is 33.5 Å². The molecule has 0 aliphatic carbocycles. The summed E-state index contributed by atoms with van der Waals surface area (Å²) < 4.78 is 13.5. The van der Waals surface area contributed by atoms with Crippen molar-refractivity contribution in [2.75, 3.05) is 18.2 Å². The molecule has 2 aromatic heterocycles. The van der Waals surface area contributed by atoms with E-state index in [0.717, 1.165) is 27.6 Å². The molecule has 0 unspecified atom stereocenters. The number of benzene rings is 4. The summed E-state index contributed by atoms with van der Waals surface area (Å²) in [5.41, 5.74) is 3.69. The molecule has 188 valence electrons. The molecule has 0 radical (unpaired) electrons. The largest absolute Gasteiger partial charge is 0.495 e. The van der Waals surface area contributed by atoms with Gasteiger partial charge in [0.05, 0.1) is 18.6 Å². The Morgan fingerprint density at radius 1 is 0.947 bits per heavy atom. The van der Waals surface area contributed by atoms with Crippen LogP contribution in [0.1, 0.15) is 0 Å². The number of methoxy groups -OCH3 is 1. The molecule has 0 atom stereocenters. The molecule has 6 rings (SSSR count). The summed E-state index contributed by atoms with van der Waals surface area (Å²) in [6, 6.07) is 28.7. The minimum atomic E-state index is -0.212. The Bertz CT molecular complexity index is 1780. The Kier molecular flexibility index (Phi) is 6.49. The van der Waals surface area contributed by atoms with Crippen molar-refractivity contribution < 1.29 is 13.9 Å². The number of aromatic nitrogens is 3. The Hall–Kier alpha value is -4.27. The van der Waals surface area contributed by atoms with Gasteiger partial charge in [-0.15, -0.1) is 10.2 Å². The van der Waals surface area contributed by atoms with E-state index in [9.17, 15) is 4.79 Å². The van der Waals surface area contributed by atoms with Gasteiger partial charge in [-0.2, -0.15) is 0 Å². The number of thioether (sulfide) groups is 1. The molecule has 0 bridgehead atoms. The lowest BCUT2D eigenvalue weighted by atomic mass is 10.1. The van der Waals surface area contributed by atoms with E-state index in [2.05, 4.69) is 15.5 Å². The molecule has 9 heteroatoms. The fourth-order valence-electron chi connectivity index (χ4n) is 4.32. The number of amides is 1. The van der Waals surface area contributed by atoms with Gasteiger partial charge in [0.25, 0.3) is 0 Å². The number of rotatable bonds is 7. The first-order valence-corrected chi connectivity index (χ1v) is 13.2. The first-order chi connectivity index (χ1) is 18.6. The van der Waals surface area contributed by atoms with Crippen molar-refractivity contribution in [1.82, 2.24) is 14.8 Å². The number of carbonyl (C=O) groups excluding carboxylic acids is 1. The van der Waals surface area contributed by atoms with Crippen molar-refractivity contribution in [2.45, 2.75) is 5.16 Å². The lowest BCUT2D eigenvalue weighted by molar-refractivity contribution is -0.113. The smallest absolute Gasteiger partial charge is 0.234 e. The lowest BCUT2D eigenvalue weighted by Gasteiger charge is -2.12. The van der Waals surface area contributed by atoms with Gasteiger partial charge in [0.2, 0.25) is 5.91 Å². The third-order valence-corrected chi connectivity index (χ3v) is 7.20. The topological polar surface area (TPSA) is 82.2 Å². The molecule has 6 aromatic rings. The molecule has 1 amide bonds. The molecule has 0 aliphatic rings. The van der Waals surface area contributed by atoms with Crippen LogP contribution in [0, 0.1) is 0 Å². The van der Waals surface area contributed by atoms with E-state index in [4.69, 9.17) is 20.8 Å². The van der Waals surface area contributed by atoms with E-state index in [1.165, 1.54) is 11.8 Å². The SMILES string of the molecule is COc1cc2c(cc1NC(=O)CSc1nnc(-c3cccc(Cl)c3)n1-c1ccccc1)oc1ccccc12. The van der Waals surface area contributed by atoms with Gasteiger partial charge in [-0.1, -0.05) is 71.9 Å². The summed E-state index contributed by atoms with van der Waals surface area (Å²) >= 11 is 7.52. The highest BCUT2D eigenvalue weighted by atomic mass is 35.5. The van der Waals surface area contributed by atoms with Crippen LogP contribution in [0.25, 0.3) is 39.0 Å². The number of halogens is 1. The van der Waals surface area contributed by atoms with Crippen LogP contribution in [-0.2, 0) is 4.79 Å². The average molecular weight is 541 g/mol. The summed E-state index contributed by atoms with van der Waals surface area (Å²) in [6.45, 7) is 0. The summed E-state index contributed by atoms with van der Waals surface area (Å²) in [5, 5.41) is 14.9. The third-order valence-electron chi connectivity index (χ3n) is 6.04. The van der Waals surface area contributed by atoms with E-state index in [1.807, 2.05) is 89.5 Å². The first kappa shape index (κ1) is 24.1. The van der Waals surface area contributed by atoms with Gasteiger partial charge in [0, 0.05) is 33.1 Å². The van der Waals surface area contributed by atoms with Crippen molar-refractivity contribution in [3.05, 3.63) is 96.0 Å². The molecular weight excluding hydrogens is 520 g/mol. The lowest BCUT2D eigenvalue weighted by Crippen LogP contribution is -2.15. The normalized spacial score (nSPS) is 11.2. The predicted octanol–water partition coefficient (Wildman–Crippen LogP) is 7.23. The molecule has 0 saturated carbocycles. The number of fused-ring (bicyclic) bond motifs is 3. The van der Waals surface area contributed by atoms with Crippen LogP contribution >= 0.6 is 23.4 Å². The Morgan fingerprint density at radius 2 is 1.76 bits per heavy atom. The quantitative estimate of drug-likeness (QED) is 0.215. The van der Waals surface area contributed by atoms with Crippen LogP contribution in [0.2, 0.25) is 5.02 Å². The van der Waals surface area contributed by atoms with Crippen molar-refractivity contribution in [3.8, 4) is 22.8 Å². The fraction of sp³-hybridized carbons (Fsp3) is 0.0690. The second-order valence-electron chi connectivity index (χ2n) is 8.47. The van der Waals surface area contributed by atoms with Crippen LogP contribution in [0.5, 0.6) is 5.75 Å². The van der Waals surface area contributed by atoms with E-state index in [-0.39, 0.29) is 11.7 Å². The zero-order valence-electron chi connectivity index (χ0n) is 20.2. The van der Waals surface area contributed by atoms with Gasteiger partial charge in [0.1, 0.15) is 16.9 Å². The van der Waals surface area contributed by atoms with Crippen molar-refractivity contribution in [1.29, 1.82) is 0 Å². The fourth-order valence-corrected chi connectivity index (χ4v) is 5.26. The number of hydrogen-bond acceptors (Lipinski definition) is 6. The first-order valence-electron chi connectivity index (χ1n) is 11.8. The Morgan fingerprint density at radius 3 is 2.58 bits per heavy atom. The molecular formula is C29H21ClN4O3S. The second-order valence-corrected chi connectivity index (χ2v) is 9.85. The van der Waals surface area contributed by atoms with Gasteiger partial charge in [-0.05, 0) is 36.4 Å². The molecule has 0 aliphatic heterocycles. The minimum absolute atomic E-state index is 0.113. The third kappa shape index (κ3) is 4.60. The molecule has 0 spiro atoms. The van der Waals surface area contributed by atoms with E-state index < -0.39 is 0 Å². The molecule has 38 heavy (non-hydrogen) atoms. The zero-order valence-corrected chi connectivity index (χ0v) is 21.8. The van der Waals surface area contributed by atoms with Gasteiger partial charge in [-0.25, -0.2) is 0 Å². The predicted molar refractivity (Wildman–Crippen MR) is 151 cm³/mol. The highest BCUT2D eigenvalue weighted by Gasteiger charge is 2.19. The summed E-state index contributed by atoms with van der Waals surface area (Å²) in [7, 11) is 1.58. The van der Waals surface area contributed by atoms with Gasteiger partial charge in [0.15, 0.2) is 11.0 Å². The Labute approximate surface area is 227 Å². The standard InChI is InChI=1S/C29H21ClN4O3S/c1-36-26-15-22-21-12-5-6-13-24(21)37-25(22)16-23(26)31-27(35)17-38-29-33-32-28(18-8-7-9-19(30)14-18)34(29)20-10-3-2-4-11-20/h2-16H,17H2,1H3,(H,31,35). The summed E-state index contributed by atoms with van der Waals surface area (Å²) in [5.74, 6) is 1.09. The monoisotopic (exact) mass is 540 g/mol. The maximum absolute atomic E-state index is 13.0. The minimum Gasteiger partial charge on any atom is -0.495 e. The van der Waals surface area contributed by atoms with Crippen molar-refractivity contribution in [2.24, 2.45) is 0 Å². The number of furan rings is 1. The van der Waals surface area contributed by atoms with Crippen LogP contribution in [0.3, 0.4) is 0 Å². The molecule has 7 nitrogen and oxygen atoms in total. The number of nitrogens with one attached hydrogen (secondary N) is 1. The van der Waals surface area contributed by atoms with Gasteiger partial charge in [-0.3, -0.25) is 9.36 Å². The van der Waals surface area contributed by atoms with Crippen LogP contribution < -0.4 is 10.1 Å². The van der Waals surface area contributed by atoms with Crippen LogP contribution in [0.15, 0.2) is 101 Å². The molecule has 4 aromatic carbocycles. The molecule has 0 fully saturated rings. The maximum atomic E-state index is 13.0. The number of para-hydroxylation sites is 2. The van der Waals surface area contributed by atoms with Crippen molar-refractivity contribution in [3.63, 3.8) is 0 Å². The maximum Gasteiger partial charge on any atom is 0.234 e. The second kappa shape index (κ2) is 10.2. The number of anilines is 1. The molecule has 0 saturated heterocycles. The average Bonchev–Trinajstić information content (AvgIpc) is 3.53. The molecule has 2 heterocycles. The van der Waals surface area contributed by atoms with E-state index in [1.54, 1.807) is 13.2 Å². The summed E-state index contributed by atoms with van der Waals surface area (Å²) in [4.78, 5) is 13.0. The molecule has 1 N–H and O–H groups in total. The van der Waals surface area contributed by atoms with Crippen LogP contribution in [0.4, 0.5) is 5.69 Å². The number of ether oxygens (including phenoxy) is 1. The number of nitrogens with zero attached hydrogens (tertiary/aromatic N) is 3. The Balaban J connectivity index is 1.27. The highest BCUT2D eigenvalue weighted by molar-refractivity contribution is 7.99.